The lowest BCUT2D eigenvalue weighted by atomic mass is 9.82. The van der Waals surface area contributed by atoms with Crippen LogP contribution >= 0.6 is 8.58 Å². The minimum absolute atomic E-state index is 0.109. The fourth-order valence-electron chi connectivity index (χ4n) is 8.51. The largest absolute Gasteiger partial charge is 0.494 e. The molecule has 2 fully saturated rings. The van der Waals surface area contributed by atoms with Crippen molar-refractivity contribution in [1.82, 2.24) is 5.01 Å². The fraction of sp³-hybridized carbons (Fsp3) is 0.482. The molecule has 0 heterocycles. The summed E-state index contributed by atoms with van der Waals surface area (Å²) in [4.78, 5) is 75.7. The van der Waals surface area contributed by atoms with Gasteiger partial charge in [0, 0.05) is 37.7 Å². The maximum atomic E-state index is 13.8. The van der Waals surface area contributed by atoms with Crippen LogP contribution in [0.15, 0.2) is 97.1 Å². The summed E-state index contributed by atoms with van der Waals surface area (Å²) in [6.45, 7) is 10.5. The molecule has 0 radical (unpaired) electrons. The van der Waals surface area contributed by atoms with E-state index in [-0.39, 0.29) is 55.7 Å². The Morgan fingerprint density at radius 1 is 0.528 bits per heavy atom. The molecule has 72 heavy (non-hydrogen) atoms. The van der Waals surface area contributed by atoms with Gasteiger partial charge < -0.3 is 38.2 Å². The summed E-state index contributed by atoms with van der Waals surface area (Å²) >= 11 is 0. The second kappa shape index (κ2) is 30.5. The minimum atomic E-state index is -0.408. The molecule has 0 aliphatic heterocycles. The van der Waals surface area contributed by atoms with E-state index in [0.29, 0.717) is 112 Å². The van der Waals surface area contributed by atoms with E-state index in [9.17, 15) is 28.8 Å². The molecule has 0 spiro atoms. The van der Waals surface area contributed by atoms with Gasteiger partial charge in [0.15, 0.2) is 5.52 Å². The lowest BCUT2D eigenvalue weighted by Crippen LogP contribution is -2.30. The van der Waals surface area contributed by atoms with Crippen LogP contribution in [0.5, 0.6) is 28.7 Å². The number of carbonyl (C=O) groups excluding carboxylic acids is 6. The van der Waals surface area contributed by atoms with Gasteiger partial charge in [0.1, 0.15) is 28.7 Å². The summed E-state index contributed by atoms with van der Waals surface area (Å²) in [5.74, 6) is -0.432. The van der Waals surface area contributed by atoms with Gasteiger partial charge in [-0.3, -0.25) is 19.2 Å². The van der Waals surface area contributed by atoms with Gasteiger partial charge in [-0.05, 0) is 190 Å². The Balaban J connectivity index is 1.01. The van der Waals surface area contributed by atoms with Crippen molar-refractivity contribution in [1.29, 1.82) is 0 Å². The zero-order valence-electron chi connectivity index (χ0n) is 42.1. The van der Waals surface area contributed by atoms with E-state index in [2.05, 4.69) is 18.3 Å². The first-order chi connectivity index (χ1) is 34.8. The molecule has 0 aromatic heterocycles. The standard InChI is InChI=1S/C56H71N2O13P/c1-6-51(59)67-36-14-10-8-12-34-65-44-24-28-46(29-25-44)69-53(61)40-16-18-41(19-17-40)55(63)71-48-32-33-50(49(38-48)39(3)57-58(4)5)72-56(64)43-22-20-42(21-23-43)54(62)70-47-30-26-45(27-31-47)66-35-13-9-11-15-37-68-52(60)7-2/h6-7,24-33,38,40-43,72H,1-2,8-23,34-37H2,3-5H3/b57-39+. The third-order valence-electron chi connectivity index (χ3n) is 12.6. The third kappa shape index (κ3) is 19.7. The average molecular weight is 1010 g/mol. The van der Waals surface area contributed by atoms with Gasteiger partial charge >= 0.3 is 29.8 Å². The highest BCUT2D eigenvalue weighted by Gasteiger charge is 2.34. The molecule has 2 aliphatic carbocycles. The zero-order chi connectivity index (χ0) is 51.7. The summed E-state index contributed by atoms with van der Waals surface area (Å²) in [7, 11) is 3.48. The molecule has 3 aromatic rings. The number of carbonyl (C=O) groups is 6. The van der Waals surface area contributed by atoms with Crippen molar-refractivity contribution in [3.8, 4) is 28.7 Å². The van der Waals surface area contributed by atoms with Gasteiger partial charge in [-0.25, -0.2) is 9.59 Å². The molecule has 16 heteroatoms. The van der Waals surface area contributed by atoms with Gasteiger partial charge in [-0.1, -0.05) is 13.2 Å². The first kappa shape index (κ1) is 56.6. The number of esters is 5. The topological polar surface area (TPSA) is 183 Å². The van der Waals surface area contributed by atoms with Crippen LogP contribution in [-0.2, 0) is 38.2 Å². The molecule has 0 amide bonds. The molecule has 3 aromatic carbocycles. The molecular weight excluding hydrogens is 940 g/mol. The molecule has 388 valence electrons. The Morgan fingerprint density at radius 3 is 1.29 bits per heavy atom. The fourth-order valence-corrected chi connectivity index (χ4v) is 9.82. The van der Waals surface area contributed by atoms with Crippen LogP contribution in [0.25, 0.3) is 0 Å². The Kier molecular flexibility index (Phi) is 24.0. The predicted octanol–water partition coefficient (Wildman–Crippen LogP) is 9.87. The van der Waals surface area contributed by atoms with Crippen LogP contribution in [0, 0.1) is 23.7 Å². The second-order valence-electron chi connectivity index (χ2n) is 18.3. The summed E-state index contributed by atoms with van der Waals surface area (Å²) in [6.07, 6.45) is 13.6. The van der Waals surface area contributed by atoms with E-state index in [1.165, 1.54) is 0 Å². The van der Waals surface area contributed by atoms with Crippen molar-refractivity contribution in [2.75, 3.05) is 40.5 Å². The second-order valence-corrected chi connectivity index (χ2v) is 19.6. The van der Waals surface area contributed by atoms with E-state index < -0.39 is 11.9 Å². The van der Waals surface area contributed by atoms with Crippen molar-refractivity contribution in [3.63, 3.8) is 0 Å². The van der Waals surface area contributed by atoms with Crippen molar-refractivity contribution >= 4 is 55.0 Å². The SMILES string of the molecule is C=CC(=O)OCCCCCCOc1ccc(OC(=O)C2CCC(C(=O)Oc3ccc(PC(=O)C4CCC(C(=O)Oc5ccc(OCCCCCCOC(=O)C=C)cc5)CC4)c(/C(C)=N/N(C)C)c3)CC2)cc1. The van der Waals surface area contributed by atoms with Crippen molar-refractivity contribution in [2.45, 2.75) is 110 Å². The van der Waals surface area contributed by atoms with E-state index in [1.807, 2.05) is 27.1 Å². The monoisotopic (exact) mass is 1010 g/mol. The molecule has 0 saturated heterocycles. The van der Waals surface area contributed by atoms with E-state index in [0.717, 1.165) is 74.4 Å². The quantitative estimate of drug-likeness (QED) is 0.0122. The maximum Gasteiger partial charge on any atom is 0.330 e. The summed E-state index contributed by atoms with van der Waals surface area (Å²) in [5.41, 5.74) is 1.50. The van der Waals surface area contributed by atoms with E-state index in [4.69, 9.17) is 33.2 Å². The van der Waals surface area contributed by atoms with Gasteiger partial charge in [-0.2, -0.15) is 5.10 Å². The number of benzene rings is 3. The number of ether oxygens (including phenoxy) is 7. The van der Waals surface area contributed by atoms with Crippen molar-refractivity contribution in [3.05, 3.63) is 97.6 Å². The molecule has 1 atom stereocenters. The van der Waals surface area contributed by atoms with E-state index in [1.54, 1.807) is 65.7 Å². The molecule has 0 N–H and O–H groups in total. The summed E-state index contributed by atoms with van der Waals surface area (Å²) in [6, 6.07) is 19.3. The van der Waals surface area contributed by atoms with Crippen LogP contribution in [0.3, 0.4) is 0 Å². The number of rotatable bonds is 29. The Bertz CT molecular complexity index is 2300. The number of unbranched alkanes of at least 4 members (excludes halogenated alkanes) is 6. The highest BCUT2D eigenvalue weighted by atomic mass is 31.1. The van der Waals surface area contributed by atoms with Gasteiger partial charge in [0.25, 0.3) is 0 Å². The van der Waals surface area contributed by atoms with Crippen molar-refractivity contribution in [2.24, 2.45) is 28.8 Å². The molecule has 0 bridgehead atoms. The molecule has 2 saturated carbocycles. The van der Waals surface area contributed by atoms with Crippen molar-refractivity contribution < 1.29 is 61.9 Å². The predicted molar refractivity (Wildman–Crippen MR) is 276 cm³/mol. The first-order valence-corrected chi connectivity index (χ1v) is 26.2. The third-order valence-corrected chi connectivity index (χ3v) is 13.9. The van der Waals surface area contributed by atoms with Crippen LogP contribution in [0.2, 0.25) is 0 Å². The Morgan fingerprint density at radius 2 is 0.889 bits per heavy atom. The zero-order valence-corrected chi connectivity index (χ0v) is 43.1. The average Bonchev–Trinajstić information content (AvgIpc) is 3.38. The normalized spacial score (nSPS) is 17.8. The molecule has 15 nitrogen and oxygen atoms in total. The molecule has 5 rings (SSSR count). The highest BCUT2D eigenvalue weighted by molar-refractivity contribution is 7.65. The summed E-state index contributed by atoms with van der Waals surface area (Å²) < 4.78 is 38.9. The Labute approximate surface area is 425 Å². The Hall–Kier alpha value is -6.34. The molecular formula is C56H71N2O13P. The molecule has 1 unspecified atom stereocenters. The lowest BCUT2D eigenvalue weighted by molar-refractivity contribution is -0.145. The van der Waals surface area contributed by atoms with Crippen LogP contribution in [0.4, 0.5) is 0 Å². The number of hydrogen-bond acceptors (Lipinski definition) is 15. The maximum absolute atomic E-state index is 13.8. The number of nitrogens with zero attached hydrogens (tertiary/aromatic N) is 2. The lowest BCUT2D eigenvalue weighted by Gasteiger charge is -2.26. The first-order valence-electron chi connectivity index (χ1n) is 25.2. The minimum Gasteiger partial charge on any atom is -0.494 e. The molecule has 2 aliphatic rings. The van der Waals surface area contributed by atoms with Crippen LogP contribution in [-0.4, -0.2) is 86.6 Å². The van der Waals surface area contributed by atoms with Gasteiger partial charge in [0.05, 0.1) is 49.9 Å². The van der Waals surface area contributed by atoms with Crippen LogP contribution < -0.4 is 29.0 Å². The van der Waals surface area contributed by atoms with Gasteiger partial charge in [0.2, 0.25) is 0 Å². The summed E-state index contributed by atoms with van der Waals surface area (Å²) in [5, 5.41) is 7.08. The van der Waals surface area contributed by atoms with E-state index >= 15 is 0 Å². The highest BCUT2D eigenvalue weighted by Crippen LogP contribution is 2.36. The number of hydrogen-bond donors (Lipinski definition) is 0. The van der Waals surface area contributed by atoms with Gasteiger partial charge in [-0.15, -0.1) is 0 Å². The smallest absolute Gasteiger partial charge is 0.330 e. The number of hydrazone groups is 1. The van der Waals surface area contributed by atoms with Crippen LogP contribution in [0.1, 0.15) is 115 Å².